The molecule has 0 saturated heterocycles. The lowest BCUT2D eigenvalue weighted by Crippen LogP contribution is -2.37. The molecule has 0 aromatic carbocycles. The molecule has 1 N–H and O–H groups in total. The molecule has 0 aromatic heterocycles. The van der Waals surface area contributed by atoms with Gasteiger partial charge in [-0.2, -0.15) is 0 Å². The summed E-state index contributed by atoms with van der Waals surface area (Å²) in [7, 11) is 1.94. The van der Waals surface area contributed by atoms with Crippen molar-refractivity contribution in [1.82, 2.24) is 10.2 Å². The maximum absolute atomic E-state index is 11.4. The summed E-state index contributed by atoms with van der Waals surface area (Å²) >= 11 is 0. The molecule has 1 amide bonds. The van der Waals surface area contributed by atoms with Crippen LogP contribution in [0.5, 0.6) is 0 Å². The van der Waals surface area contributed by atoms with Gasteiger partial charge in [-0.25, -0.2) is 0 Å². The van der Waals surface area contributed by atoms with Gasteiger partial charge in [-0.1, -0.05) is 13.8 Å². The van der Waals surface area contributed by atoms with Crippen molar-refractivity contribution in [1.29, 1.82) is 0 Å². The molecule has 0 bridgehead atoms. The Bertz CT molecular complexity index is 218. The minimum absolute atomic E-state index is 0.0897. The second-order valence-electron chi connectivity index (χ2n) is 4.24. The highest BCUT2D eigenvalue weighted by Gasteiger charge is 2.05. The van der Waals surface area contributed by atoms with Crippen molar-refractivity contribution in [3.05, 3.63) is 0 Å². The molecule has 0 aliphatic heterocycles. The van der Waals surface area contributed by atoms with E-state index in [4.69, 9.17) is 6.42 Å². The van der Waals surface area contributed by atoms with Gasteiger partial charge in [-0.15, -0.1) is 12.3 Å². The van der Waals surface area contributed by atoms with E-state index >= 15 is 0 Å². The molecular weight excluding hydrogens is 188 g/mol. The number of rotatable bonds is 7. The number of nitrogens with one attached hydrogen (secondary N) is 1. The van der Waals surface area contributed by atoms with E-state index in [1.54, 1.807) is 0 Å². The van der Waals surface area contributed by atoms with E-state index in [0.717, 1.165) is 25.9 Å². The van der Waals surface area contributed by atoms with Gasteiger partial charge in [0.05, 0.1) is 6.54 Å². The van der Waals surface area contributed by atoms with Crippen LogP contribution in [0, 0.1) is 18.3 Å². The van der Waals surface area contributed by atoms with Crippen LogP contribution in [-0.4, -0.2) is 37.5 Å². The van der Waals surface area contributed by atoms with Crippen molar-refractivity contribution < 1.29 is 4.79 Å². The van der Waals surface area contributed by atoms with Gasteiger partial charge in [0.25, 0.3) is 0 Å². The predicted molar refractivity (Wildman–Crippen MR) is 63.4 cm³/mol. The van der Waals surface area contributed by atoms with Gasteiger partial charge < -0.3 is 5.32 Å². The fourth-order valence-electron chi connectivity index (χ4n) is 1.15. The molecule has 0 fully saturated rings. The summed E-state index contributed by atoms with van der Waals surface area (Å²) in [5.74, 6) is 3.18. The Labute approximate surface area is 93.2 Å². The highest BCUT2D eigenvalue weighted by atomic mass is 16.2. The van der Waals surface area contributed by atoms with Crippen molar-refractivity contribution in [2.75, 3.05) is 26.7 Å². The summed E-state index contributed by atoms with van der Waals surface area (Å²) in [4.78, 5) is 13.4. The van der Waals surface area contributed by atoms with Crippen molar-refractivity contribution in [3.8, 4) is 12.3 Å². The molecule has 0 rings (SSSR count). The predicted octanol–water partition coefficient (Wildman–Crippen LogP) is 1.10. The smallest absolute Gasteiger partial charge is 0.234 e. The van der Waals surface area contributed by atoms with Gasteiger partial charge in [0.1, 0.15) is 0 Å². The third-order valence-electron chi connectivity index (χ3n) is 1.98. The Morgan fingerprint density at radius 2 is 2.20 bits per heavy atom. The number of amides is 1. The summed E-state index contributed by atoms with van der Waals surface area (Å²) in [5, 5.41) is 2.88. The highest BCUT2D eigenvalue weighted by molar-refractivity contribution is 5.77. The van der Waals surface area contributed by atoms with Crippen molar-refractivity contribution >= 4 is 5.91 Å². The summed E-state index contributed by atoms with van der Waals surface area (Å²) in [6.07, 6.45) is 6.87. The third-order valence-corrected chi connectivity index (χ3v) is 1.98. The number of hydrogen-bond acceptors (Lipinski definition) is 2. The standard InChI is InChI=1S/C12H22N2O/c1-5-6-7-8-14(4)10-12(15)13-9-11(2)3/h1,11H,6-10H2,2-4H3,(H,13,15). The lowest BCUT2D eigenvalue weighted by molar-refractivity contribution is -0.122. The first kappa shape index (κ1) is 14.0. The molecule has 0 aromatic rings. The van der Waals surface area contributed by atoms with Crippen molar-refractivity contribution in [3.63, 3.8) is 0 Å². The van der Waals surface area contributed by atoms with Crippen LogP contribution in [0.1, 0.15) is 26.7 Å². The Balaban J connectivity index is 3.54. The van der Waals surface area contributed by atoms with Gasteiger partial charge in [-0.3, -0.25) is 9.69 Å². The number of likely N-dealkylation sites (N-methyl/N-ethyl adjacent to an activating group) is 1. The Morgan fingerprint density at radius 3 is 2.73 bits per heavy atom. The Kier molecular flexibility index (Phi) is 7.75. The van der Waals surface area contributed by atoms with Crippen LogP contribution >= 0.6 is 0 Å². The van der Waals surface area contributed by atoms with E-state index < -0.39 is 0 Å². The second kappa shape index (κ2) is 8.31. The van der Waals surface area contributed by atoms with Gasteiger partial charge in [0.2, 0.25) is 5.91 Å². The fraction of sp³-hybridized carbons (Fsp3) is 0.750. The maximum Gasteiger partial charge on any atom is 0.234 e. The first-order valence-electron chi connectivity index (χ1n) is 5.45. The first-order chi connectivity index (χ1) is 7.06. The third kappa shape index (κ3) is 9.30. The van der Waals surface area contributed by atoms with Crippen LogP contribution in [0.2, 0.25) is 0 Å². The maximum atomic E-state index is 11.4. The quantitative estimate of drug-likeness (QED) is 0.504. The number of carbonyl (C=O) groups is 1. The molecule has 0 aliphatic carbocycles. The van der Waals surface area contributed by atoms with Crippen LogP contribution < -0.4 is 5.32 Å². The van der Waals surface area contributed by atoms with Crippen LogP contribution in [0.25, 0.3) is 0 Å². The summed E-state index contributed by atoms with van der Waals surface area (Å²) in [6, 6.07) is 0. The zero-order chi connectivity index (χ0) is 11.7. The summed E-state index contributed by atoms with van der Waals surface area (Å²) in [5.41, 5.74) is 0. The van der Waals surface area contributed by atoms with E-state index in [0.29, 0.717) is 12.5 Å². The van der Waals surface area contributed by atoms with Crippen LogP contribution in [0.4, 0.5) is 0 Å². The van der Waals surface area contributed by atoms with E-state index in [1.165, 1.54) is 0 Å². The van der Waals surface area contributed by atoms with E-state index in [9.17, 15) is 4.79 Å². The Hall–Kier alpha value is -1.01. The highest BCUT2D eigenvalue weighted by Crippen LogP contribution is 1.92. The van der Waals surface area contributed by atoms with Crippen molar-refractivity contribution in [2.45, 2.75) is 26.7 Å². The number of carbonyl (C=O) groups excluding carboxylic acids is 1. The normalized spacial score (nSPS) is 10.4. The molecule has 0 aliphatic rings. The zero-order valence-electron chi connectivity index (χ0n) is 10.0. The van der Waals surface area contributed by atoms with Gasteiger partial charge in [0, 0.05) is 13.0 Å². The van der Waals surface area contributed by atoms with Crippen LogP contribution in [0.3, 0.4) is 0 Å². The van der Waals surface area contributed by atoms with Gasteiger partial charge in [-0.05, 0) is 25.9 Å². The number of terminal acetylenes is 1. The van der Waals surface area contributed by atoms with Crippen LogP contribution in [0.15, 0.2) is 0 Å². The van der Waals surface area contributed by atoms with Gasteiger partial charge >= 0.3 is 0 Å². The molecule has 3 nitrogen and oxygen atoms in total. The molecule has 0 heterocycles. The average Bonchev–Trinajstić information content (AvgIpc) is 2.15. The van der Waals surface area contributed by atoms with Gasteiger partial charge in [0.15, 0.2) is 0 Å². The zero-order valence-corrected chi connectivity index (χ0v) is 10.0. The average molecular weight is 210 g/mol. The monoisotopic (exact) mass is 210 g/mol. The van der Waals surface area contributed by atoms with E-state index in [-0.39, 0.29) is 5.91 Å². The van der Waals surface area contributed by atoms with E-state index in [1.807, 2.05) is 11.9 Å². The Morgan fingerprint density at radius 1 is 1.53 bits per heavy atom. The minimum atomic E-state index is 0.0897. The molecule has 0 spiro atoms. The molecule has 0 unspecified atom stereocenters. The molecule has 15 heavy (non-hydrogen) atoms. The molecule has 0 atom stereocenters. The molecule has 0 saturated carbocycles. The molecule has 3 heteroatoms. The molecular formula is C12H22N2O. The number of hydrogen-bond donors (Lipinski definition) is 1. The van der Waals surface area contributed by atoms with E-state index in [2.05, 4.69) is 25.1 Å². The summed E-state index contributed by atoms with van der Waals surface area (Å²) in [6.45, 7) is 6.24. The molecule has 0 radical (unpaired) electrons. The molecule has 86 valence electrons. The van der Waals surface area contributed by atoms with Crippen molar-refractivity contribution in [2.24, 2.45) is 5.92 Å². The van der Waals surface area contributed by atoms with Crippen LogP contribution in [-0.2, 0) is 4.79 Å². The summed E-state index contributed by atoms with van der Waals surface area (Å²) < 4.78 is 0. The topological polar surface area (TPSA) is 32.3 Å². The minimum Gasteiger partial charge on any atom is -0.355 e. The lowest BCUT2D eigenvalue weighted by atomic mass is 10.2. The lowest BCUT2D eigenvalue weighted by Gasteiger charge is -2.16. The first-order valence-corrected chi connectivity index (χ1v) is 5.45. The number of unbranched alkanes of at least 4 members (excludes halogenated alkanes) is 1. The fourth-order valence-corrected chi connectivity index (χ4v) is 1.15. The number of nitrogens with zero attached hydrogens (tertiary/aromatic N) is 1. The largest absolute Gasteiger partial charge is 0.355 e. The second-order valence-corrected chi connectivity index (χ2v) is 4.24. The SMILES string of the molecule is C#CCCCN(C)CC(=O)NCC(C)C.